The third-order valence-electron chi connectivity index (χ3n) is 14.7. The zero-order chi connectivity index (χ0) is 40.2. The summed E-state index contributed by atoms with van der Waals surface area (Å²) < 4.78 is 8.56. The predicted molar refractivity (Wildman–Crippen MR) is 246 cm³/mol. The zero-order valence-corrected chi connectivity index (χ0v) is 37.6. The molecule has 7 aliphatic heterocycles. The SMILES string of the molecule is Cc1cc(C)c(C2=C3C=CC4=[N+]3C35N6C(C=CC6C(c6ccc(CBr)cc6)c6ccc2n63)C(c2c(C)cc(C)cc2C)C2=[N+]5C(C=C2)C4c2ccc(CBr)cc2)c(C)c1. The van der Waals surface area contributed by atoms with E-state index in [9.17, 15) is 0 Å². The Bertz CT molecular complexity index is 2850. The maximum Gasteiger partial charge on any atom is 0.522 e. The summed E-state index contributed by atoms with van der Waals surface area (Å²) in [6, 6.07) is 33.8. The fourth-order valence-corrected chi connectivity index (χ4v) is 13.7. The minimum atomic E-state index is -0.637. The molecule has 7 unspecified atom stereocenters. The number of hydrogen-bond donors (Lipinski definition) is 0. The Morgan fingerprint density at radius 2 is 1.17 bits per heavy atom. The molecule has 4 nitrogen and oxygen atoms in total. The van der Waals surface area contributed by atoms with Crippen LogP contribution >= 0.6 is 31.9 Å². The summed E-state index contributed by atoms with van der Waals surface area (Å²) in [7, 11) is 0. The van der Waals surface area contributed by atoms with Gasteiger partial charge < -0.3 is 0 Å². The number of benzene rings is 4. The van der Waals surface area contributed by atoms with Crippen LogP contribution in [0.25, 0.3) is 5.57 Å². The first kappa shape index (κ1) is 36.2. The van der Waals surface area contributed by atoms with E-state index in [0.29, 0.717) is 0 Å². The number of rotatable bonds is 6. The standard InChI is InChI=1S/C53H48Br2N4/c1-29-23-31(3)47(32(4)24-29)51-43-19-15-39-49(37-11-7-35(27-54)8-12-37)41-17-21-45-52(48-33(5)25-30(2)26-34(48)6)46-22-18-42-50(38-13-9-36(28-55)10-14-38)40-16-20-44(51)57(40)53(56(39)43,58(41)45)59(42)46/h7-26,39-40,43,49-51H,27-28H2,1-6H3/q+2. The van der Waals surface area contributed by atoms with E-state index in [0.717, 1.165) is 10.7 Å². The van der Waals surface area contributed by atoms with Gasteiger partial charge in [0.15, 0.2) is 11.8 Å². The third-order valence-corrected chi connectivity index (χ3v) is 16.0. The van der Waals surface area contributed by atoms with Crippen molar-refractivity contribution in [3.05, 3.63) is 205 Å². The molecule has 7 atom stereocenters. The van der Waals surface area contributed by atoms with Gasteiger partial charge >= 0.3 is 5.91 Å². The lowest BCUT2D eigenvalue weighted by atomic mass is 9.77. The monoisotopic (exact) mass is 898 g/mol. The number of nitrogens with zero attached hydrogens (tertiary/aromatic N) is 4. The van der Waals surface area contributed by atoms with Crippen molar-refractivity contribution in [2.45, 2.75) is 94.0 Å². The van der Waals surface area contributed by atoms with Crippen LogP contribution in [-0.4, -0.2) is 48.2 Å². The van der Waals surface area contributed by atoms with E-state index in [-0.39, 0.29) is 35.9 Å². The van der Waals surface area contributed by atoms with Crippen LogP contribution in [0.2, 0.25) is 0 Å². The van der Waals surface area contributed by atoms with E-state index in [2.05, 4.69) is 213 Å². The Kier molecular flexibility index (Phi) is 7.80. The Morgan fingerprint density at radius 3 is 1.78 bits per heavy atom. The van der Waals surface area contributed by atoms with Crippen LogP contribution in [0.15, 0.2) is 127 Å². The molecular formula is C53H48Br2N4+2. The van der Waals surface area contributed by atoms with Gasteiger partial charge in [-0.25, -0.2) is 4.57 Å². The summed E-state index contributed by atoms with van der Waals surface area (Å²) in [5.41, 5.74) is 24.4. The van der Waals surface area contributed by atoms with Gasteiger partial charge in [0.1, 0.15) is 5.92 Å². The number of alkyl halides is 2. The molecule has 292 valence electrons. The van der Waals surface area contributed by atoms with E-state index in [1.807, 2.05) is 0 Å². The molecule has 0 fully saturated rings. The molecule has 59 heavy (non-hydrogen) atoms. The Hall–Kier alpha value is -4.62. The molecule has 0 amide bonds. The van der Waals surface area contributed by atoms with Crippen LogP contribution in [0.3, 0.4) is 0 Å². The van der Waals surface area contributed by atoms with Crippen LogP contribution in [0, 0.1) is 41.5 Å². The molecule has 0 N–H and O–H groups in total. The van der Waals surface area contributed by atoms with Crippen LogP contribution in [0.5, 0.6) is 0 Å². The number of allylic oxidation sites excluding steroid dienone is 3. The van der Waals surface area contributed by atoms with E-state index >= 15 is 0 Å². The molecule has 0 bridgehead atoms. The fourth-order valence-electron chi connectivity index (χ4n) is 13.0. The first-order valence-corrected chi connectivity index (χ1v) is 23.5. The Balaban J connectivity index is 1.24. The van der Waals surface area contributed by atoms with Gasteiger partial charge in [-0.3, -0.25) is 0 Å². The lowest BCUT2D eigenvalue weighted by Crippen LogP contribution is -2.79. The topological polar surface area (TPSA) is 14.2 Å². The first-order chi connectivity index (χ1) is 28.6. The van der Waals surface area contributed by atoms with Gasteiger partial charge in [0.05, 0.1) is 29.3 Å². The van der Waals surface area contributed by atoms with Gasteiger partial charge in [-0.15, -0.1) is 9.48 Å². The van der Waals surface area contributed by atoms with Crippen molar-refractivity contribution in [2.24, 2.45) is 0 Å². The molecule has 4 aromatic carbocycles. The maximum atomic E-state index is 3.73. The third kappa shape index (κ3) is 4.58. The minimum Gasteiger partial charge on any atom is -0.208 e. The highest BCUT2D eigenvalue weighted by atomic mass is 79.9. The molecule has 7 aliphatic rings. The van der Waals surface area contributed by atoms with Crippen molar-refractivity contribution >= 4 is 48.9 Å². The van der Waals surface area contributed by atoms with E-state index in [1.54, 1.807) is 0 Å². The van der Waals surface area contributed by atoms with E-state index < -0.39 is 5.91 Å². The summed E-state index contributed by atoms with van der Waals surface area (Å²) in [6.45, 7) is 13.8. The number of hydrogen-bond acceptors (Lipinski definition) is 1. The highest BCUT2D eigenvalue weighted by Gasteiger charge is 2.81. The fraction of sp³-hybridized carbons (Fsp3) is 0.283. The van der Waals surface area contributed by atoms with Crippen molar-refractivity contribution in [3.63, 3.8) is 0 Å². The van der Waals surface area contributed by atoms with Crippen molar-refractivity contribution in [3.8, 4) is 0 Å². The summed E-state index contributed by atoms with van der Waals surface area (Å²) in [4.78, 5) is 2.97. The molecule has 8 heterocycles. The minimum absolute atomic E-state index is 0.119. The highest BCUT2D eigenvalue weighted by molar-refractivity contribution is 9.08. The summed E-state index contributed by atoms with van der Waals surface area (Å²) in [5, 5.41) is 1.70. The molecule has 12 rings (SSSR count). The summed E-state index contributed by atoms with van der Waals surface area (Å²) in [6.07, 6.45) is 15.3. The number of aryl methyl sites for hydroxylation is 6. The second kappa shape index (κ2) is 12.7. The largest absolute Gasteiger partial charge is 0.522 e. The maximum absolute atomic E-state index is 3.73. The summed E-state index contributed by atoms with van der Waals surface area (Å²) >= 11 is 7.46. The quantitative estimate of drug-likeness (QED) is 0.0941. The second-order valence-corrected chi connectivity index (χ2v) is 19.2. The lowest BCUT2D eigenvalue weighted by molar-refractivity contribution is -0.897. The van der Waals surface area contributed by atoms with Gasteiger partial charge in [-0.2, -0.15) is 0 Å². The van der Waals surface area contributed by atoms with Crippen molar-refractivity contribution in [2.75, 3.05) is 0 Å². The number of halogens is 2. The molecule has 1 aromatic heterocycles. The molecule has 0 radical (unpaired) electrons. The summed E-state index contributed by atoms with van der Waals surface area (Å²) in [5.74, 6) is -0.185. The Labute approximate surface area is 364 Å². The normalized spacial score (nSPS) is 27.7. The smallest absolute Gasteiger partial charge is 0.208 e. The molecule has 1 spiro atoms. The zero-order valence-electron chi connectivity index (χ0n) is 34.5. The molecule has 0 saturated heterocycles. The lowest BCUT2D eigenvalue weighted by Gasteiger charge is -2.54. The molecule has 0 saturated carbocycles. The van der Waals surface area contributed by atoms with Gasteiger partial charge in [0.25, 0.3) is 0 Å². The van der Waals surface area contributed by atoms with Gasteiger partial charge in [-0.05, 0) is 115 Å². The molecular weight excluding hydrogens is 852 g/mol. The predicted octanol–water partition coefficient (Wildman–Crippen LogP) is 11.2. The molecule has 0 aliphatic carbocycles. The average Bonchev–Trinajstić information content (AvgIpc) is 4.05. The molecule has 6 heteroatoms. The van der Waals surface area contributed by atoms with Crippen LogP contribution < -0.4 is 0 Å². The van der Waals surface area contributed by atoms with E-state index in [4.69, 9.17) is 0 Å². The van der Waals surface area contributed by atoms with Gasteiger partial charge in [0, 0.05) is 40.5 Å². The van der Waals surface area contributed by atoms with Gasteiger partial charge in [0.2, 0.25) is 11.4 Å². The average molecular weight is 901 g/mol. The van der Waals surface area contributed by atoms with E-state index in [1.165, 1.54) is 101 Å². The van der Waals surface area contributed by atoms with Crippen molar-refractivity contribution in [1.82, 2.24) is 9.47 Å². The Morgan fingerprint density at radius 1 is 0.593 bits per heavy atom. The van der Waals surface area contributed by atoms with Crippen LogP contribution in [0.1, 0.15) is 95.9 Å². The van der Waals surface area contributed by atoms with Gasteiger partial charge in [-0.1, -0.05) is 133 Å². The first-order valence-electron chi connectivity index (χ1n) is 21.2. The van der Waals surface area contributed by atoms with Crippen LogP contribution in [-0.2, 0) is 16.6 Å². The van der Waals surface area contributed by atoms with Crippen LogP contribution in [0.4, 0.5) is 0 Å². The highest BCUT2D eigenvalue weighted by Crippen LogP contribution is 2.61. The molecule has 5 aromatic rings. The second-order valence-electron chi connectivity index (χ2n) is 18.1. The number of aromatic nitrogens is 1. The van der Waals surface area contributed by atoms with Crippen molar-refractivity contribution in [1.29, 1.82) is 0 Å². The van der Waals surface area contributed by atoms with Crippen molar-refractivity contribution < 1.29 is 9.15 Å².